The molecular weight excluding hydrogens is 332 g/mol. The van der Waals surface area contributed by atoms with Crippen molar-refractivity contribution in [3.8, 4) is 0 Å². The Morgan fingerprint density at radius 2 is 1.74 bits per heavy atom. The molecule has 0 amide bonds. The summed E-state index contributed by atoms with van der Waals surface area (Å²) in [6, 6.07) is 17.2. The van der Waals surface area contributed by atoms with Crippen LogP contribution in [0.1, 0.15) is 25.0 Å². The van der Waals surface area contributed by atoms with Crippen LogP contribution in [-0.4, -0.2) is 33.0 Å². The zero-order chi connectivity index (χ0) is 19.1. The molecule has 0 aliphatic carbocycles. The highest BCUT2D eigenvalue weighted by Crippen LogP contribution is 2.54. The van der Waals surface area contributed by atoms with Crippen molar-refractivity contribution < 1.29 is 4.74 Å². The topological polar surface area (TPSA) is 15.7 Å². The molecule has 2 aliphatic rings. The van der Waals surface area contributed by atoms with E-state index in [0.717, 1.165) is 13.2 Å². The maximum absolute atomic E-state index is 6.36. The summed E-state index contributed by atoms with van der Waals surface area (Å²) in [5.41, 5.74) is 4.56. The molecule has 27 heavy (non-hydrogen) atoms. The highest BCUT2D eigenvalue weighted by Gasteiger charge is 2.58. The highest BCUT2D eigenvalue weighted by molar-refractivity contribution is 5.68. The molecule has 2 aliphatic heterocycles. The minimum atomic E-state index is -0.407. The number of hydrogen-bond acceptors (Lipinski definition) is 3. The number of benzene rings is 2. The number of allylic oxidation sites excluding steroid dienone is 2. The van der Waals surface area contributed by atoms with Gasteiger partial charge in [-0.1, -0.05) is 62.4 Å². The van der Waals surface area contributed by atoms with Crippen LogP contribution in [-0.2, 0) is 10.2 Å². The summed E-state index contributed by atoms with van der Waals surface area (Å²) in [5.74, 6) is 0. The van der Waals surface area contributed by atoms with Gasteiger partial charge < -0.3 is 14.5 Å². The maximum Gasteiger partial charge on any atom is 0.170 e. The largest absolute Gasteiger partial charge is 0.378 e. The van der Waals surface area contributed by atoms with Crippen LogP contribution in [0.3, 0.4) is 0 Å². The number of fused-ring (bicyclic) bond motifs is 3. The van der Waals surface area contributed by atoms with Crippen LogP contribution in [0.15, 0.2) is 66.8 Å². The monoisotopic (exact) mass is 360 g/mol. The van der Waals surface area contributed by atoms with Gasteiger partial charge in [0.2, 0.25) is 0 Å². The molecule has 0 saturated carbocycles. The third-order valence-corrected chi connectivity index (χ3v) is 5.93. The molecule has 0 N–H and O–H groups in total. The number of para-hydroxylation sites is 1. The summed E-state index contributed by atoms with van der Waals surface area (Å²) in [6.07, 6.45) is 8.61. The number of ether oxygens (including phenoxy) is 1. The molecule has 1 atom stereocenters. The zero-order valence-corrected chi connectivity index (χ0v) is 16.6. The summed E-state index contributed by atoms with van der Waals surface area (Å²) >= 11 is 0. The van der Waals surface area contributed by atoms with Gasteiger partial charge in [0.15, 0.2) is 5.72 Å². The van der Waals surface area contributed by atoms with Crippen molar-refractivity contribution in [2.75, 3.05) is 37.0 Å². The summed E-state index contributed by atoms with van der Waals surface area (Å²) in [6.45, 7) is 6.26. The molecule has 4 rings (SSSR count). The fourth-order valence-corrected chi connectivity index (χ4v) is 4.37. The standard InChI is InChI=1S/C24H28N2O/c1-23(2)21-10-5-6-11-22(21)26-17-18-27-24(23,26)16-8-7-9-19-12-14-20(15-13-19)25(3)4/h5-16H,17-18H2,1-4H3/b9-7+,16-8+. The Hall–Kier alpha value is -2.52. The lowest BCUT2D eigenvalue weighted by atomic mass is 9.77. The third kappa shape index (κ3) is 2.78. The fraction of sp³-hybridized carbons (Fsp3) is 0.333. The first kappa shape index (κ1) is 17.9. The lowest BCUT2D eigenvalue weighted by Crippen LogP contribution is -2.51. The van der Waals surface area contributed by atoms with Crippen LogP contribution in [0.5, 0.6) is 0 Å². The second-order valence-corrected chi connectivity index (χ2v) is 8.04. The van der Waals surface area contributed by atoms with Crippen molar-refractivity contribution in [2.45, 2.75) is 25.0 Å². The van der Waals surface area contributed by atoms with E-state index in [1.54, 1.807) is 0 Å². The lowest BCUT2D eigenvalue weighted by Gasteiger charge is -2.39. The van der Waals surface area contributed by atoms with Crippen molar-refractivity contribution in [3.05, 3.63) is 77.9 Å². The number of nitrogens with zero attached hydrogens (tertiary/aromatic N) is 2. The minimum absolute atomic E-state index is 0.0994. The Balaban J connectivity index is 1.58. The van der Waals surface area contributed by atoms with Gasteiger partial charge in [0.25, 0.3) is 0 Å². The molecular formula is C24H28N2O. The Kier molecular flexibility index (Phi) is 4.35. The summed E-state index contributed by atoms with van der Waals surface area (Å²) in [7, 11) is 4.11. The van der Waals surface area contributed by atoms with Crippen molar-refractivity contribution in [1.82, 2.24) is 0 Å². The first-order chi connectivity index (χ1) is 13.0. The smallest absolute Gasteiger partial charge is 0.170 e. The van der Waals surface area contributed by atoms with Crippen LogP contribution in [0.25, 0.3) is 6.08 Å². The zero-order valence-electron chi connectivity index (χ0n) is 16.6. The van der Waals surface area contributed by atoms with Gasteiger partial charge in [-0.3, -0.25) is 0 Å². The van der Waals surface area contributed by atoms with Gasteiger partial charge in [-0.05, 0) is 35.4 Å². The molecule has 1 saturated heterocycles. The van der Waals surface area contributed by atoms with Crippen LogP contribution in [0, 0.1) is 0 Å². The number of rotatable bonds is 4. The predicted octanol–water partition coefficient (Wildman–Crippen LogP) is 4.85. The first-order valence-corrected chi connectivity index (χ1v) is 9.60. The minimum Gasteiger partial charge on any atom is -0.378 e. The van der Waals surface area contributed by atoms with Gasteiger partial charge in [0, 0.05) is 37.4 Å². The van der Waals surface area contributed by atoms with Crippen molar-refractivity contribution in [1.29, 1.82) is 0 Å². The van der Waals surface area contributed by atoms with E-state index >= 15 is 0 Å². The van der Waals surface area contributed by atoms with Crippen LogP contribution in [0.2, 0.25) is 0 Å². The number of anilines is 2. The van der Waals surface area contributed by atoms with E-state index in [4.69, 9.17) is 4.74 Å². The van der Waals surface area contributed by atoms with Gasteiger partial charge in [0.1, 0.15) is 0 Å². The predicted molar refractivity (Wildman–Crippen MR) is 114 cm³/mol. The van der Waals surface area contributed by atoms with E-state index in [1.807, 2.05) is 0 Å². The summed E-state index contributed by atoms with van der Waals surface area (Å²) < 4.78 is 6.36. The van der Waals surface area contributed by atoms with Crippen LogP contribution < -0.4 is 9.80 Å². The first-order valence-electron chi connectivity index (χ1n) is 9.60. The van der Waals surface area contributed by atoms with E-state index in [-0.39, 0.29) is 5.41 Å². The molecule has 0 spiro atoms. The van der Waals surface area contributed by atoms with Crippen molar-refractivity contribution >= 4 is 17.5 Å². The molecule has 1 unspecified atom stereocenters. The normalized spacial score (nSPS) is 23.2. The van der Waals surface area contributed by atoms with Crippen LogP contribution >= 0.6 is 0 Å². The molecule has 3 nitrogen and oxygen atoms in total. The Bertz CT molecular complexity index is 880. The number of hydrogen-bond donors (Lipinski definition) is 0. The van der Waals surface area contributed by atoms with E-state index in [1.165, 1.54) is 22.5 Å². The molecule has 0 aromatic heterocycles. The van der Waals surface area contributed by atoms with E-state index in [9.17, 15) is 0 Å². The van der Waals surface area contributed by atoms with Gasteiger partial charge in [-0.25, -0.2) is 0 Å². The van der Waals surface area contributed by atoms with Gasteiger partial charge in [0.05, 0.1) is 6.61 Å². The second-order valence-electron chi connectivity index (χ2n) is 8.04. The van der Waals surface area contributed by atoms with E-state index in [0.29, 0.717) is 0 Å². The quantitative estimate of drug-likeness (QED) is 0.725. The SMILES string of the molecule is CN(C)c1ccc(/C=C/C=C/C23OCCN2c2ccccc2C3(C)C)cc1. The molecule has 2 aromatic rings. The molecule has 3 heteroatoms. The van der Waals surface area contributed by atoms with E-state index < -0.39 is 5.72 Å². The van der Waals surface area contributed by atoms with E-state index in [2.05, 4.69) is 111 Å². The van der Waals surface area contributed by atoms with Gasteiger partial charge in [-0.2, -0.15) is 0 Å². The molecule has 2 heterocycles. The van der Waals surface area contributed by atoms with Crippen LogP contribution in [0.4, 0.5) is 11.4 Å². The van der Waals surface area contributed by atoms with Crippen molar-refractivity contribution in [3.63, 3.8) is 0 Å². The molecule has 0 radical (unpaired) electrons. The lowest BCUT2D eigenvalue weighted by molar-refractivity contribution is -0.000291. The fourth-order valence-electron chi connectivity index (χ4n) is 4.37. The molecule has 0 bridgehead atoms. The Labute approximate surface area is 162 Å². The Morgan fingerprint density at radius 1 is 1.00 bits per heavy atom. The molecule has 1 fully saturated rings. The molecule has 2 aromatic carbocycles. The van der Waals surface area contributed by atoms with Gasteiger partial charge >= 0.3 is 0 Å². The highest BCUT2D eigenvalue weighted by atomic mass is 16.5. The second kappa shape index (κ2) is 6.58. The molecule has 140 valence electrons. The average molecular weight is 361 g/mol. The Morgan fingerprint density at radius 3 is 2.48 bits per heavy atom. The summed E-state index contributed by atoms with van der Waals surface area (Å²) in [5, 5.41) is 0. The summed E-state index contributed by atoms with van der Waals surface area (Å²) in [4.78, 5) is 4.52. The van der Waals surface area contributed by atoms with Crippen molar-refractivity contribution in [2.24, 2.45) is 0 Å². The van der Waals surface area contributed by atoms with Gasteiger partial charge in [-0.15, -0.1) is 0 Å². The third-order valence-electron chi connectivity index (χ3n) is 5.93. The average Bonchev–Trinajstić information content (AvgIpc) is 3.17. The maximum atomic E-state index is 6.36.